The van der Waals surface area contributed by atoms with Crippen molar-refractivity contribution in [3.05, 3.63) is 63.6 Å². The Bertz CT molecular complexity index is 804. The Morgan fingerprint density at radius 3 is 2.32 bits per heavy atom. The van der Waals surface area contributed by atoms with Crippen LogP contribution in [0.15, 0.2) is 47.4 Å². The van der Waals surface area contributed by atoms with E-state index in [1.54, 1.807) is 24.3 Å². The number of carbonyl (C=O) groups excluding carboxylic acids is 1. The van der Waals surface area contributed by atoms with Gasteiger partial charge >= 0.3 is 5.97 Å². The first-order valence-electron chi connectivity index (χ1n) is 6.01. The van der Waals surface area contributed by atoms with Gasteiger partial charge in [-0.2, -0.15) is 0 Å². The number of carbonyl (C=O) groups is 1. The number of nitrogens with two attached hydrogens (primary N) is 1. The van der Waals surface area contributed by atoms with E-state index in [0.717, 1.165) is 11.6 Å². The first-order valence-corrected chi connectivity index (χ1v) is 8.31. The molecule has 0 atom stereocenters. The van der Waals surface area contributed by atoms with E-state index in [4.69, 9.17) is 33.1 Å². The smallest absolute Gasteiger partial charge is 0.340 e. The normalized spacial score (nSPS) is 11.2. The van der Waals surface area contributed by atoms with Gasteiger partial charge in [0.2, 0.25) is 10.0 Å². The molecular weight excluding hydrogens is 349 g/mol. The topological polar surface area (TPSA) is 86.5 Å². The molecule has 22 heavy (non-hydrogen) atoms. The molecule has 2 N–H and O–H groups in total. The van der Waals surface area contributed by atoms with Crippen molar-refractivity contribution >= 4 is 39.2 Å². The molecule has 0 fully saturated rings. The summed E-state index contributed by atoms with van der Waals surface area (Å²) >= 11 is 11.6. The predicted octanol–water partition coefficient (Wildman–Crippen LogP) is 3.00. The second kappa shape index (κ2) is 6.66. The van der Waals surface area contributed by atoms with Gasteiger partial charge in [0.15, 0.2) is 0 Å². The largest absolute Gasteiger partial charge is 0.457 e. The second-order valence-corrected chi connectivity index (χ2v) is 6.79. The van der Waals surface area contributed by atoms with Crippen LogP contribution < -0.4 is 5.14 Å². The number of esters is 1. The van der Waals surface area contributed by atoms with E-state index in [1.165, 1.54) is 12.1 Å². The molecule has 8 heteroatoms. The average Bonchev–Trinajstić information content (AvgIpc) is 2.45. The van der Waals surface area contributed by atoms with E-state index < -0.39 is 16.0 Å². The van der Waals surface area contributed by atoms with Gasteiger partial charge in [-0.1, -0.05) is 35.3 Å². The summed E-state index contributed by atoms with van der Waals surface area (Å²) in [5.74, 6) is -0.745. The van der Waals surface area contributed by atoms with Crippen LogP contribution in [-0.2, 0) is 21.4 Å². The van der Waals surface area contributed by atoms with Crippen LogP contribution in [0.5, 0.6) is 0 Å². The number of hydrogen-bond acceptors (Lipinski definition) is 4. The number of sulfonamides is 1. The van der Waals surface area contributed by atoms with Crippen molar-refractivity contribution < 1.29 is 17.9 Å². The SMILES string of the molecule is NS(=O)(=O)c1ccc(Cl)c(C(=O)OCc2ccc(Cl)cc2)c1. The molecule has 2 aromatic rings. The molecule has 0 aliphatic rings. The molecule has 0 heterocycles. The zero-order chi connectivity index (χ0) is 16.3. The number of halogens is 2. The van der Waals surface area contributed by atoms with Gasteiger partial charge in [-0.25, -0.2) is 18.4 Å². The Balaban J connectivity index is 2.17. The molecule has 0 aliphatic heterocycles. The molecule has 2 rings (SSSR count). The van der Waals surface area contributed by atoms with Crippen molar-refractivity contribution in [2.75, 3.05) is 0 Å². The molecule has 0 amide bonds. The molecule has 0 unspecified atom stereocenters. The number of ether oxygens (including phenoxy) is 1. The van der Waals surface area contributed by atoms with Gasteiger partial charge in [0, 0.05) is 5.02 Å². The van der Waals surface area contributed by atoms with Crippen LogP contribution in [-0.4, -0.2) is 14.4 Å². The van der Waals surface area contributed by atoms with Crippen molar-refractivity contribution in [2.24, 2.45) is 5.14 Å². The molecule has 5 nitrogen and oxygen atoms in total. The summed E-state index contributed by atoms with van der Waals surface area (Å²) in [5, 5.41) is 5.67. The lowest BCUT2D eigenvalue weighted by molar-refractivity contribution is 0.0472. The lowest BCUT2D eigenvalue weighted by atomic mass is 10.2. The number of rotatable bonds is 4. The third-order valence-corrected chi connectivity index (χ3v) is 4.26. The maximum Gasteiger partial charge on any atom is 0.340 e. The number of hydrogen-bond donors (Lipinski definition) is 1. The predicted molar refractivity (Wildman–Crippen MR) is 83.4 cm³/mol. The monoisotopic (exact) mass is 359 g/mol. The van der Waals surface area contributed by atoms with Crippen LogP contribution in [0.4, 0.5) is 0 Å². The first-order chi connectivity index (χ1) is 10.3. The van der Waals surface area contributed by atoms with Gasteiger partial charge in [0.25, 0.3) is 0 Å². The van der Waals surface area contributed by atoms with Crippen molar-refractivity contribution in [3.63, 3.8) is 0 Å². The molecule has 2 aromatic carbocycles. The highest BCUT2D eigenvalue weighted by Crippen LogP contribution is 2.21. The summed E-state index contributed by atoms with van der Waals surface area (Å²) in [5.41, 5.74) is 0.665. The molecule has 0 aliphatic carbocycles. The second-order valence-electron chi connectivity index (χ2n) is 4.39. The van der Waals surface area contributed by atoms with Crippen molar-refractivity contribution in [1.82, 2.24) is 0 Å². The highest BCUT2D eigenvalue weighted by Gasteiger charge is 2.17. The van der Waals surface area contributed by atoms with Gasteiger partial charge in [-0.3, -0.25) is 0 Å². The van der Waals surface area contributed by atoms with Crippen LogP contribution in [0.2, 0.25) is 10.0 Å². The third kappa shape index (κ3) is 4.20. The zero-order valence-corrected chi connectivity index (χ0v) is 13.5. The van der Waals surface area contributed by atoms with Crippen LogP contribution in [0.1, 0.15) is 15.9 Å². The maximum absolute atomic E-state index is 12.0. The van der Waals surface area contributed by atoms with E-state index in [9.17, 15) is 13.2 Å². The van der Waals surface area contributed by atoms with Gasteiger partial charge in [-0.05, 0) is 35.9 Å². The highest BCUT2D eigenvalue weighted by molar-refractivity contribution is 7.89. The fourth-order valence-corrected chi connectivity index (χ4v) is 2.51. The van der Waals surface area contributed by atoms with Gasteiger partial charge in [0.1, 0.15) is 6.61 Å². The summed E-state index contributed by atoms with van der Waals surface area (Å²) in [6.07, 6.45) is 0. The lowest BCUT2D eigenvalue weighted by Crippen LogP contribution is -2.14. The van der Waals surface area contributed by atoms with Crippen molar-refractivity contribution in [1.29, 1.82) is 0 Å². The Morgan fingerprint density at radius 1 is 1.09 bits per heavy atom. The minimum Gasteiger partial charge on any atom is -0.457 e. The maximum atomic E-state index is 12.0. The van der Waals surface area contributed by atoms with Crippen molar-refractivity contribution in [2.45, 2.75) is 11.5 Å². The third-order valence-electron chi connectivity index (χ3n) is 2.77. The standard InChI is InChI=1S/C14H11Cl2NO4S/c15-10-3-1-9(2-4-10)8-21-14(18)12-7-11(22(17,19)20)5-6-13(12)16/h1-7H,8H2,(H2,17,19,20). The van der Waals surface area contributed by atoms with Crippen molar-refractivity contribution in [3.8, 4) is 0 Å². The highest BCUT2D eigenvalue weighted by atomic mass is 35.5. The fraction of sp³-hybridized carbons (Fsp3) is 0.0714. The molecule has 0 aromatic heterocycles. The van der Waals surface area contributed by atoms with Gasteiger partial charge < -0.3 is 4.74 Å². The minimum absolute atomic E-state index is 0.00589. The van der Waals surface area contributed by atoms with E-state index in [0.29, 0.717) is 5.02 Å². The first kappa shape index (κ1) is 16.8. The molecule has 0 radical (unpaired) electrons. The Kier molecular flexibility index (Phi) is 5.08. The summed E-state index contributed by atoms with van der Waals surface area (Å²) < 4.78 is 27.7. The van der Waals surface area contributed by atoms with E-state index in [1.807, 2.05) is 0 Å². The minimum atomic E-state index is -3.93. The van der Waals surface area contributed by atoms with Crippen LogP contribution in [0.25, 0.3) is 0 Å². The van der Waals surface area contributed by atoms with E-state index in [-0.39, 0.29) is 22.1 Å². The Morgan fingerprint density at radius 2 is 1.73 bits per heavy atom. The summed E-state index contributed by atoms with van der Waals surface area (Å²) in [6, 6.07) is 10.3. The zero-order valence-electron chi connectivity index (χ0n) is 11.1. The lowest BCUT2D eigenvalue weighted by Gasteiger charge is -2.08. The number of benzene rings is 2. The molecule has 0 saturated heterocycles. The van der Waals surface area contributed by atoms with Crippen LogP contribution in [0, 0.1) is 0 Å². The van der Waals surface area contributed by atoms with E-state index >= 15 is 0 Å². The fourth-order valence-electron chi connectivity index (χ4n) is 1.65. The summed E-state index contributed by atoms with van der Waals surface area (Å²) in [7, 11) is -3.93. The van der Waals surface area contributed by atoms with Gasteiger partial charge in [-0.15, -0.1) is 0 Å². The Hall–Kier alpha value is -1.60. The molecular formula is C14H11Cl2NO4S. The Labute approximate surface area is 137 Å². The van der Waals surface area contributed by atoms with Crippen LogP contribution >= 0.6 is 23.2 Å². The number of primary sulfonamides is 1. The quantitative estimate of drug-likeness (QED) is 0.850. The average molecular weight is 360 g/mol. The van der Waals surface area contributed by atoms with E-state index in [2.05, 4.69) is 0 Å². The molecule has 0 spiro atoms. The molecule has 0 bridgehead atoms. The van der Waals surface area contributed by atoms with Crippen LogP contribution in [0.3, 0.4) is 0 Å². The van der Waals surface area contributed by atoms with Gasteiger partial charge in [0.05, 0.1) is 15.5 Å². The molecule has 116 valence electrons. The molecule has 0 saturated carbocycles. The summed E-state index contributed by atoms with van der Waals surface area (Å²) in [6.45, 7) is 0.00589. The summed E-state index contributed by atoms with van der Waals surface area (Å²) in [4.78, 5) is 11.8.